The zero-order valence-electron chi connectivity index (χ0n) is 12.8. The number of benzene rings is 1. The van der Waals surface area contributed by atoms with E-state index in [0.29, 0.717) is 17.0 Å². The second-order valence-electron chi connectivity index (χ2n) is 4.82. The molecule has 0 aliphatic heterocycles. The van der Waals surface area contributed by atoms with E-state index in [1.165, 1.54) is 13.2 Å². The van der Waals surface area contributed by atoms with Gasteiger partial charge in [0.25, 0.3) is 0 Å². The SMILES string of the molecule is COc1ccc(NC(=O)/C=C/c2cnn(C)c2C)cc1CO. The quantitative estimate of drug-likeness (QED) is 0.827. The Morgan fingerprint density at radius 2 is 2.27 bits per heavy atom. The van der Waals surface area contributed by atoms with E-state index < -0.39 is 0 Å². The molecule has 0 saturated carbocycles. The van der Waals surface area contributed by atoms with Gasteiger partial charge >= 0.3 is 0 Å². The van der Waals surface area contributed by atoms with E-state index in [4.69, 9.17) is 4.74 Å². The van der Waals surface area contributed by atoms with Crippen molar-refractivity contribution in [3.63, 3.8) is 0 Å². The van der Waals surface area contributed by atoms with Crippen LogP contribution in [0.1, 0.15) is 16.8 Å². The molecule has 6 nitrogen and oxygen atoms in total. The second kappa shape index (κ2) is 6.91. The van der Waals surface area contributed by atoms with Gasteiger partial charge in [0.2, 0.25) is 5.91 Å². The van der Waals surface area contributed by atoms with Crippen LogP contribution in [0, 0.1) is 6.92 Å². The van der Waals surface area contributed by atoms with Crippen molar-refractivity contribution in [1.29, 1.82) is 0 Å². The van der Waals surface area contributed by atoms with Crippen LogP contribution in [-0.2, 0) is 18.4 Å². The number of nitrogens with zero attached hydrogens (tertiary/aromatic N) is 2. The van der Waals surface area contributed by atoms with E-state index in [1.807, 2.05) is 14.0 Å². The van der Waals surface area contributed by atoms with Gasteiger partial charge in [0.05, 0.1) is 19.9 Å². The van der Waals surface area contributed by atoms with Gasteiger partial charge in [-0.2, -0.15) is 5.10 Å². The Hall–Kier alpha value is -2.60. The van der Waals surface area contributed by atoms with Crippen LogP contribution in [0.3, 0.4) is 0 Å². The van der Waals surface area contributed by atoms with Crippen molar-refractivity contribution in [3.8, 4) is 5.75 Å². The fourth-order valence-corrected chi connectivity index (χ4v) is 2.01. The van der Waals surface area contributed by atoms with Crippen molar-refractivity contribution in [2.24, 2.45) is 7.05 Å². The molecule has 0 radical (unpaired) electrons. The third kappa shape index (κ3) is 3.53. The molecule has 0 spiro atoms. The molecule has 0 unspecified atom stereocenters. The molecule has 2 N–H and O–H groups in total. The third-order valence-corrected chi connectivity index (χ3v) is 3.41. The fraction of sp³-hybridized carbons (Fsp3) is 0.250. The summed E-state index contributed by atoms with van der Waals surface area (Å²) in [7, 11) is 3.38. The molecule has 1 amide bonds. The number of aryl methyl sites for hydroxylation is 1. The fourth-order valence-electron chi connectivity index (χ4n) is 2.01. The average Bonchev–Trinajstić information content (AvgIpc) is 2.84. The van der Waals surface area contributed by atoms with Gasteiger partial charge in [-0.1, -0.05) is 0 Å². The summed E-state index contributed by atoms with van der Waals surface area (Å²) >= 11 is 0. The highest BCUT2D eigenvalue weighted by atomic mass is 16.5. The molecular weight excluding hydrogens is 282 g/mol. The smallest absolute Gasteiger partial charge is 0.248 e. The van der Waals surface area contributed by atoms with Crippen LogP contribution < -0.4 is 10.1 Å². The molecule has 0 saturated heterocycles. The van der Waals surface area contributed by atoms with Crippen LogP contribution in [0.15, 0.2) is 30.5 Å². The van der Waals surface area contributed by atoms with Gasteiger partial charge in [0.15, 0.2) is 0 Å². The zero-order valence-corrected chi connectivity index (χ0v) is 12.8. The van der Waals surface area contributed by atoms with Gasteiger partial charge in [-0.15, -0.1) is 0 Å². The third-order valence-electron chi connectivity index (χ3n) is 3.41. The molecule has 0 atom stereocenters. The van der Waals surface area contributed by atoms with Crippen LogP contribution in [0.4, 0.5) is 5.69 Å². The van der Waals surface area contributed by atoms with Gasteiger partial charge in [-0.05, 0) is 31.2 Å². The molecule has 1 aromatic heterocycles. The van der Waals surface area contributed by atoms with Crippen molar-refractivity contribution in [1.82, 2.24) is 9.78 Å². The molecule has 6 heteroatoms. The molecule has 0 bridgehead atoms. The lowest BCUT2D eigenvalue weighted by atomic mass is 10.2. The maximum absolute atomic E-state index is 11.9. The van der Waals surface area contributed by atoms with Crippen molar-refractivity contribution in [2.75, 3.05) is 12.4 Å². The molecule has 2 rings (SSSR count). The van der Waals surface area contributed by atoms with Crippen LogP contribution in [-0.4, -0.2) is 27.9 Å². The summed E-state index contributed by atoms with van der Waals surface area (Å²) in [6.45, 7) is 1.78. The Morgan fingerprint density at radius 3 is 2.86 bits per heavy atom. The summed E-state index contributed by atoms with van der Waals surface area (Å²) in [5, 5.41) is 16.1. The summed E-state index contributed by atoms with van der Waals surface area (Å²) in [6, 6.07) is 5.11. The first-order valence-corrected chi connectivity index (χ1v) is 6.80. The van der Waals surface area contributed by atoms with Crippen LogP contribution in [0.5, 0.6) is 5.75 Å². The molecule has 1 aromatic carbocycles. The largest absolute Gasteiger partial charge is 0.496 e. The first-order chi connectivity index (χ1) is 10.5. The first kappa shape index (κ1) is 15.8. The number of anilines is 1. The number of carbonyl (C=O) groups is 1. The molecule has 116 valence electrons. The van der Waals surface area contributed by atoms with Crippen LogP contribution in [0.25, 0.3) is 6.08 Å². The Labute approximate surface area is 129 Å². The zero-order chi connectivity index (χ0) is 16.1. The number of aliphatic hydroxyl groups is 1. The van der Waals surface area contributed by atoms with E-state index >= 15 is 0 Å². The Kier molecular flexibility index (Phi) is 4.95. The van der Waals surface area contributed by atoms with Crippen LogP contribution in [0.2, 0.25) is 0 Å². The molecule has 2 aromatic rings. The summed E-state index contributed by atoms with van der Waals surface area (Å²) in [5.74, 6) is 0.333. The number of hydrogen-bond acceptors (Lipinski definition) is 4. The number of amides is 1. The second-order valence-corrected chi connectivity index (χ2v) is 4.82. The van der Waals surface area contributed by atoms with E-state index in [-0.39, 0.29) is 12.5 Å². The number of rotatable bonds is 5. The highest BCUT2D eigenvalue weighted by molar-refractivity contribution is 6.02. The Balaban J connectivity index is 2.07. The van der Waals surface area contributed by atoms with Gasteiger partial charge in [0, 0.05) is 35.6 Å². The number of aliphatic hydroxyl groups excluding tert-OH is 1. The highest BCUT2D eigenvalue weighted by Gasteiger charge is 2.05. The van der Waals surface area contributed by atoms with E-state index in [1.54, 1.807) is 35.2 Å². The number of methoxy groups -OCH3 is 1. The number of ether oxygens (including phenoxy) is 1. The van der Waals surface area contributed by atoms with Gasteiger partial charge in [-0.25, -0.2) is 0 Å². The number of carbonyl (C=O) groups excluding carboxylic acids is 1. The minimum atomic E-state index is -0.252. The Morgan fingerprint density at radius 1 is 1.50 bits per heavy atom. The molecule has 0 aliphatic rings. The van der Waals surface area contributed by atoms with Gasteiger partial charge in [0.1, 0.15) is 5.75 Å². The standard InChI is InChI=1S/C16H19N3O3/c1-11-12(9-17-19(11)2)4-7-16(21)18-14-5-6-15(22-3)13(8-14)10-20/h4-9,20H,10H2,1-3H3,(H,18,21)/b7-4+. The predicted molar refractivity (Wildman–Crippen MR) is 84.5 cm³/mol. The van der Waals surface area contributed by atoms with E-state index in [2.05, 4.69) is 10.4 Å². The van der Waals surface area contributed by atoms with Crippen molar-refractivity contribution in [3.05, 3.63) is 47.3 Å². The highest BCUT2D eigenvalue weighted by Crippen LogP contribution is 2.22. The molecule has 0 aliphatic carbocycles. The number of nitrogens with one attached hydrogen (secondary N) is 1. The summed E-state index contributed by atoms with van der Waals surface area (Å²) in [5.41, 5.74) is 3.09. The topological polar surface area (TPSA) is 76.4 Å². The lowest BCUT2D eigenvalue weighted by Gasteiger charge is -2.09. The summed E-state index contributed by atoms with van der Waals surface area (Å²) < 4.78 is 6.87. The predicted octanol–water partition coefficient (Wildman–Crippen LogP) is 1.88. The molecule has 1 heterocycles. The van der Waals surface area contributed by atoms with E-state index in [9.17, 15) is 9.90 Å². The first-order valence-electron chi connectivity index (χ1n) is 6.80. The number of aromatic nitrogens is 2. The van der Waals surface area contributed by atoms with Crippen molar-refractivity contribution >= 4 is 17.7 Å². The molecule has 22 heavy (non-hydrogen) atoms. The lowest BCUT2D eigenvalue weighted by molar-refractivity contribution is -0.111. The lowest BCUT2D eigenvalue weighted by Crippen LogP contribution is -2.08. The normalized spacial score (nSPS) is 10.9. The van der Waals surface area contributed by atoms with Crippen LogP contribution >= 0.6 is 0 Å². The van der Waals surface area contributed by atoms with Gasteiger partial charge < -0.3 is 15.2 Å². The van der Waals surface area contributed by atoms with Gasteiger partial charge in [-0.3, -0.25) is 9.48 Å². The van der Waals surface area contributed by atoms with Crippen molar-refractivity contribution < 1.29 is 14.6 Å². The summed E-state index contributed by atoms with van der Waals surface area (Å²) in [4.78, 5) is 11.9. The maximum atomic E-state index is 11.9. The minimum Gasteiger partial charge on any atom is -0.496 e. The summed E-state index contributed by atoms with van der Waals surface area (Å²) in [6.07, 6.45) is 4.87. The number of hydrogen-bond donors (Lipinski definition) is 2. The molecule has 0 fully saturated rings. The van der Waals surface area contributed by atoms with Crippen molar-refractivity contribution in [2.45, 2.75) is 13.5 Å². The average molecular weight is 301 g/mol. The minimum absolute atomic E-state index is 0.155. The molecular formula is C16H19N3O3. The van der Waals surface area contributed by atoms with E-state index in [0.717, 1.165) is 11.3 Å². The maximum Gasteiger partial charge on any atom is 0.248 e. The monoisotopic (exact) mass is 301 g/mol. The Bertz CT molecular complexity index is 705.